The molecular formula is C20H28O5. The number of rotatable bonds is 8. The predicted octanol–water partition coefficient (Wildman–Crippen LogP) is 3.55. The van der Waals surface area contributed by atoms with Crippen molar-refractivity contribution in [2.24, 2.45) is 0 Å². The average molecular weight is 348 g/mol. The number of hydrogen-bond donors (Lipinski definition) is 1. The Labute approximate surface area is 150 Å². The van der Waals surface area contributed by atoms with Crippen LogP contribution >= 0.6 is 0 Å². The third-order valence-electron chi connectivity index (χ3n) is 2.45. The first-order valence-electron chi connectivity index (χ1n) is 7.92. The SMILES string of the molecule is C=CC(=O)OCCCC.C=CC(=O)OCCO.C=Cc1ccccc1. The third-order valence-corrected chi connectivity index (χ3v) is 2.45. The smallest absolute Gasteiger partial charge is 0.330 e. The van der Waals surface area contributed by atoms with E-state index < -0.39 is 5.97 Å². The Morgan fingerprint density at radius 1 is 1.00 bits per heavy atom. The highest BCUT2D eigenvalue weighted by molar-refractivity contribution is 5.81. The molecule has 0 saturated carbocycles. The molecule has 0 aromatic heterocycles. The number of aliphatic hydroxyl groups is 1. The molecule has 1 N–H and O–H groups in total. The summed E-state index contributed by atoms with van der Waals surface area (Å²) in [7, 11) is 0. The molecule has 0 fully saturated rings. The average Bonchev–Trinajstić information content (AvgIpc) is 2.67. The maximum Gasteiger partial charge on any atom is 0.330 e. The zero-order valence-electron chi connectivity index (χ0n) is 14.9. The van der Waals surface area contributed by atoms with Crippen molar-refractivity contribution in [1.82, 2.24) is 0 Å². The van der Waals surface area contributed by atoms with E-state index in [1.54, 1.807) is 0 Å². The van der Waals surface area contributed by atoms with E-state index in [1.165, 1.54) is 11.6 Å². The zero-order chi connectivity index (χ0) is 19.3. The Hall–Kier alpha value is -2.66. The monoisotopic (exact) mass is 348 g/mol. The fourth-order valence-corrected chi connectivity index (χ4v) is 1.17. The van der Waals surface area contributed by atoms with E-state index in [-0.39, 0.29) is 19.2 Å². The second kappa shape index (κ2) is 19.4. The molecule has 0 saturated heterocycles. The van der Waals surface area contributed by atoms with Crippen molar-refractivity contribution in [1.29, 1.82) is 0 Å². The van der Waals surface area contributed by atoms with Gasteiger partial charge in [0.1, 0.15) is 6.61 Å². The summed E-state index contributed by atoms with van der Waals surface area (Å²) in [4.78, 5) is 20.5. The summed E-state index contributed by atoms with van der Waals surface area (Å²) in [6, 6.07) is 10.0. The maximum absolute atomic E-state index is 10.3. The highest BCUT2D eigenvalue weighted by Gasteiger charge is 1.91. The van der Waals surface area contributed by atoms with Gasteiger partial charge in [-0.15, -0.1) is 0 Å². The summed E-state index contributed by atoms with van der Waals surface area (Å²) in [5, 5.41) is 8.10. The van der Waals surface area contributed by atoms with Gasteiger partial charge in [0.15, 0.2) is 0 Å². The molecule has 25 heavy (non-hydrogen) atoms. The molecular weight excluding hydrogens is 320 g/mol. The minimum absolute atomic E-state index is 0.0465. The normalized spacial score (nSPS) is 8.40. The van der Waals surface area contributed by atoms with Gasteiger partial charge in [0, 0.05) is 12.2 Å². The lowest BCUT2D eigenvalue weighted by Gasteiger charge is -1.97. The molecule has 1 aromatic carbocycles. The summed E-state index contributed by atoms with van der Waals surface area (Å²) in [5.74, 6) is -0.831. The molecule has 0 aliphatic carbocycles. The Morgan fingerprint density at radius 3 is 1.88 bits per heavy atom. The van der Waals surface area contributed by atoms with Crippen molar-refractivity contribution in [3.8, 4) is 0 Å². The molecule has 0 amide bonds. The molecule has 0 unspecified atom stereocenters. The van der Waals surface area contributed by atoms with E-state index in [2.05, 4.69) is 29.2 Å². The van der Waals surface area contributed by atoms with Crippen LogP contribution in [0, 0.1) is 0 Å². The lowest BCUT2D eigenvalue weighted by Crippen LogP contribution is -2.04. The molecule has 1 aromatic rings. The lowest BCUT2D eigenvalue weighted by atomic mass is 10.2. The van der Waals surface area contributed by atoms with Gasteiger partial charge in [0.25, 0.3) is 0 Å². The number of ether oxygens (including phenoxy) is 2. The number of carbonyl (C=O) groups excluding carboxylic acids is 2. The number of hydrogen-bond acceptors (Lipinski definition) is 5. The van der Waals surface area contributed by atoms with Gasteiger partial charge in [-0.25, -0.2) is 9.59 Å². The van der Waals surface area contributed by atoms with Crippen molar-refractivity contribution in [2.75, 3.05) is 19.8 Å². The molecule has 5 heteroatoms. The van der Waals surface area contributed by atoms with Crippen molar-refractivity contribution in [3.63, 3.8) is 0 Å². The standard InChI is InChI=1S/C8H8.C7H12O2.C5H8O3/c1-2-8-6-4-3-5-7-8;1-3-5-6-9-7(8)4-2;1-2-5(7)8-4-3-6/h2-7H,1H2;4H,2-3,5-6H2,1H3;2,6H,1,3-4H2. The highest BCUT2D eigenvalue weighted by Crippen LogP contribution is 1.97. The minimum atomic E-state index is -0.501. The van der Waals surface area contributed by atoms with Crippen LogP contribution in [0.25, 0.3) is 6.08 Å². The first-order chi connectivity index (χ1) is 12.0. The molecule has 0 radical (unpaired) electrons. The van der Waals surface area contributed by atoms with Crippen LogP contribution in [-0.2, 0) is 19.1 Å². The summed E-state index contributed by atoms with van der Waals surface area (Å²) in [5.41, 5.74) is 1.17. The van der Waals surface area contributed by atoms with E-state index in [0.717, 1.165) is 18.9 Å². The van der Waals surface area contributed by atoms with E-state index in [1.807, 2.05) is 43.3 Å². The Balaban J connectivity index is 0. The van der Waals surface area contributed by atoms with Crippen LogP contribution < -0.4 is 0 Å². The summed E-state index contributed by atoms with van der Waals surface area (Å²) >= 11 is 0. The van der Waals surface area contributed by atoms with Crippen LogP contribution in [0.4, 0.5) is 0 Å². The first-order valence-corrected chi connectivity index (χ1v) is 7.92. The molecule has 0 aliphatic heterocycles. The molecule has 0 heterocycles. The van der Waals surface area contributed by atoms with Gasteiger partial charge in [0.2, 0.25) is 0 Å². The van der Waals surface area contributed by atoms with Crippen molar-refractivity contribution in [2.45, 2.75) is 19.8 Å². The molecule has 0 spiro atoms. The predicted molar refractivity (Wildman–Crippen MR) is 101 cm³/mol. The second-order valence-electron chi connectivity index (χ2n) is 4.44. The molecule has 5 nitrogen and oxygen atoms in total. The lowest BCUT2D eigenvalue weighted by molar-refractivity contribution is -0.139. The van der Waals surface area contributed by atoms with Crippen molar-refractivity contribution < 1.29 is 24.2 Å². The van der Waals surface area contributed by atoms with Crippen LogP contribution in [0.3, 0.4) is 0 Å². The summed E-state index contributed by atoms with van der Waals surface area (Å²) in [6.07, 6.45) is 6.04. The van der Waals surface area contributed by atoms with Gasteiger partial charge in [-0.3, -0.25) is 0 Å². The van der Waals surface area contributed by atoms with Crippen LogP contribution in [0.15, 0.2) is 62.2 Å². The van der Waals surface area contributed by atoms with Crippen LogP contribution in [-0.4, -0.2) is 36.9 Å². The van der Waals surface area contributed by atoms with Crippen LogP contribution in [0.1, 0.15) is 25.3 Å². The van der Waals surface area contributed by atoms with Crippen LogP contribution in [0.5, 0.6) is 0 Å². The number of benzene rings is 1. The van der Waals surface area contributed by atoms with Gasteiger partial charge in [0.05, 0.1) is 13.2 Å². The molecule has 138 valence electrons. The Morgan fingerprint density at radius 2 is 1.52 bits per heavy atom. The fourth-order valence-electron chi connectivity index (χ4n) is 1.17. The van der Waals surface area contributed by atoms with E-state index in [9.17, 15) is 9.59 Å². The van der Waals surface area contributed by atoms with Crippen molar-refractivity contribution >= 4 is 18.0 Å². The molecule has 1 rings (SSSR count). The zero-order valence-corrected chi connectivity index (χ0v) is 14.9. The third kappa shape index (κ3) is 19.3. The number of unbranched alkanes of at least 4 members (excludes halogenated alkanes) is 1. The second-order valence-corrected chi connectivity index (χ2v) is 4.44. The van der Waals surface area contributed by atoms with Gasteiger partial charge >= 0.3 is 11.9 Å². The highest BCUT2D eigenvalue weighted by atomic mass is 16.5. The summed E-state index contributed by atoms with van der Waals surface area (Å²) < 4.78 is 9.01. The molecule has 0 aliphatic rings. The number of carbonyl (C=O) groups is 2. The molecule has 0 bridgehead atoms. The number of aliphatic hydroxyl groups excluding tert-OH is 1. The van der Waals surface area contributed by atoms with Crippen LogP contribution in [0.2, 0.25) is 0 Å². The van der Waals surface area contributed by atoms with Gasteiger partial charge in [-0.2, -0.15) is 0 Å². The van der Waals surface area contributed by atoms with E-state index in [0.29, 0.717) is 6.61 Å². The maximum atomic E-state index is 10.3. The minimum Gasteiger partial charge on any atom is -0.463 e. The van der Waals surface area contributed by atoms with E-state index in [4.69, 9.17) is 5.11 Å². The van der Waals surface area contributed by atoms with Crippen molar-refractivity contribution in [3.05, 3.63) is 67.8 Å². The Bertz CT molecular complexity index is 494. The largest absolute Gasteiger partial charge is 0.463 e. The fraction of sp³-hybridized carbons (Fsp3) is 0.300. The first kappa shape index (κ1) is 24.6. The molecule has 0 atom stereocenters. The number of esters is 2. The topological polar surface area (TPSA) is 72.8 Å². The quantitative estimate of drug-likeness (QED) is 0.442. The van der Waals surface area contributed by atoms with Gasteiger partial charge in [-0.05, 0) is 12.0 Å². The van der Waals surface area contributed by atoms with Gasteiger partial charge < -0.3 is 14.6 Å². The summed E-state index contributed by atoms with van der Waals surface area (Å²) in [6.45, 7) is 12.5. The van der Waals surface area contributed by atoms with Gasteiger partial charge in [-0.1, -0.05) is 69.5 Å². The van der Waals surface area contributed by atoms with E-state index >= 15 is 0 Å². The Kier molecular flexibility index (Phi) is 19.1.